The van der Waals surface area contributed by atoms with Crippen LogP contribution in [0.3, 0.4) is 0 Å². The van der Waals surface area contributed by atoms with Crippen molar-refractivity contribution in [3.8, 4) is 0 Å². The zero-order valence-electron chi connectivity index (χ0n) is 12.9. The first kappa shape index (κ1) is 18.6. The lowest BCUT2D eigenvalue weighted by Gasteiger charge is -2.14. The third kappa shape index (κ3) is 6.14. The molecule has 2 N–H and O–H groups in total. The maximum absolute atomic E-state index is 11.3. The number of carboxylic acid groups (broad SMARTS) is 2. The Morgan fingerprint density at radius 1 is 0.792 bits per heavy atom. The van der Waals surface area contributed by atoms with Crippen LogP contribution in [0.2, 0.25) is 0 Å². The number of benzene rings is 1. The van der Waals surface area contributed by atoms with E-state index in [9.17, 15) is 29.4 Å². The van der Waals surface area contributed by atoms with Crippen molar-refractivity contribution in [2.75, 3.05) is 10.6 Å². The zero-order chi connectivity index (χ0) is 18.3. The van der Waals surface area contributed by atoms with Crippen molar-refractivity contribution in [2.24, 2.45) is 0 Å². The molecule has 24 heavy (non-hydrogen) atoms. The van der Waals surface area contributed by atoms with Crippen LogP contribution >= 0.6 is 0 Å². The highest BCUT2D eigenvalue weighted by atomic mass is 16.4. The Labute approximate surface area is 137 Å². The fourth-order valence-corrected chi connectivity index (χ4v) is 1.82. The van der Waals surface area contributed by atoms with Crippen LogP contribution in [0.1, 0.15) is 25.0 Å². The number of carbonyl (C=O) groups is 4. The van der Waals surface area contributed by atoms with Crippen LogP contribution in [-0.2, 0) is 19.2 Å². The summed E-state index contributed by atoms with van der Waals surface area (Å²) in [6, 6.07) is 2.78. The average molecular weight is 330 g/mol. The second-order valence-corrected chi connectivity index (χ2v) is 4.69. The van der Waals surface area contributed by atoms with Gasteiger partial charge in [-0.25, -0.2) is 0 Å². The topological polar surface area (TPSA) is 138 Å². The van der Waals surface area contributed by atoms with Gasteiger partial charge in [-0.15, -0.1) is 0 Å². The van der Waals surface area contributed by atoms with Gasteiger partial charge in [-0.1, -0.05) is 12.2 Å². The Bertz CT molecular complexity index is 690. The summed E-state index contributed by atoms with van der Waals surface area (Å²) in [6.07, 6.45) is 3.86. The number of amides is 2. The number of carbonyl (C=O) groups excluding carboxylic acids is 4. The fraction of sp³-hybridized carbons (Fsp3) is 0.125. The van der Waals surface area contributed by atoms with Crippen LogP contribution in [0.25, 0.3) is 12.2 Å². The molecule has 0 spiro atoms. The average Bonchev–Trinajstić information content (AvgIpc) is 2.43. The van der Waals surface area contributed by atoms with Crippen LogP contribution in [0.4, 0.5) is 11.4 Å². The number of hydrogen-bond acceptors (Lipinski definition) is 6. The van der Waals surface area contributed by atoms with Crippen molar-refractivity contribution in [3.05, 3.63) is 35.4 Å². The number of aliphatic carboxylic acids is 2. The van der Waals surface area contributed by atoms with Crippen LogP contribution in [0.15, 0.2) is 24.3 Å². The molecule has 0 aromatic heterocycles. The second-order valence-electron chi connectivity index (χ2n) is 4.69. The van der Waals surface area contributed by atoms with Gasteiger partial charge >= 0.3 is 0 Å². The molecule has 0 saturated carbocycles. The normalized spacial score (nSPS) is 10.8. The lowest BCUT2D eigenvalue weighted by atomic mass is 10.0. The van der Waals surface area contributed by atoms with E-state index in [2.05, 4.69) is 10.6 Å². The molecule has 2 amide bonds. The molecule has 8 nitrogen and oxygen atoms in total. The van der Waals surface area contributed by atoms with Crippen molar-refractivity contribution < 1.29 is 29.4 Å². The summed E-state index contributed by atoms with van der Waals surface area (Å²) < 4.78 is 0. The minimum Gasteiger partial charge on any atom is -0.545 e. The van der Waals surface area contributed by atoms with Crippen LogP contribution in [0, 0.1) is 0 Å². The van der Waals surface area contributed by atoms with Gasteiger partial charge < -0.3 is 30.4 Å². The lowest BCUT2D eigenvalue weighted by Crippen LogP contribution is -2.18. The maximum atomic E-state index is 11.3. The van der Waals surface area contributed by atoms with Gasteiger partial charge in [-0.2, -0.15) is 0 Å². The van der Waals surface area contributed by atoms with E-state index in [4.69, 9.17) is 0 Å². The molecule has 126 valence electrons. The molecule has 0 fully saturated rings. The van der Waals surface area contributed by atoms with E-state index in [1.807, 2.05) is 0 Å². The molecule has 0 aliphatic carbocycles. The van der Waals surface area contributed by atoms with E-state index in [0.29, 0.717) is 0 Å². The fourth-order valence-electron chi connectivity index (χ4n) is 1.82. The van der Waals surface area contributed by atoms with E-state index >= 15 is 0 Å². The molecule has 0 saturated heterocycles. The summed E-state index contributed by atoms with van der Waals surface area (Å²) in [4.78, 5) is 43.7. The van der Waals surface area contributed by atoms with Crippen LogP contribution in [-0.4, -0.2) is 23.8 Å². The van der Waals surface area contributed by atoms with Crippen molar-refractivity contribution in [2.45, 2.75) is 13.8 Å². The smallest absolute Gasteiger partial charge is 0.221 e. The summed E-state index contributed by atoms with van der Waals surface area (Å²) in [6.45, 7) is 2.52. The van der Waals surface area contributed by atoms with Gasteiger partial charge in [0.25, 0.3) is 0 Å². The first-order valence-corrected chi connectivity index (χ1v) is 6.70. The lowest BCUT2D eigenvalue weighted by molar-refractivity contribution is -0.298. The minimum atomic E-state index is -1.44. The molecule has 0 bridgehead atoms. The van der Waals surface area contributed by atoms with E-state index in [1.54, 1.807) is 0 Å². The first-order chi connectivity index (χ1) is 11.2. The summed E-state index contributed by atoms with van der Waals surface area (Å²) >= 11 is 0. The third-order valence-electron chi connectivity index (χ3n) is 2.64. The van der Waals surface area contributed by atoms with Gasteiger partial charge in [0.05, 0.1) is 23.3 Å². The number of rotatable bonds is 6. The number of carboxylic acids is 2. The second kappa shape index (κ2) is 8.28. The SMILES string of the molecule is CC(=O)Nc1cc(NC(C)=O)c(/C=C/C(=O)[O-])cc1/C=C/C(=O)[O-]. The van der Waals surface area contributed by atoms with Gasteiger partial charge in [-0.05, 0) is 35.4 Å². The molecule has 0 heterocycles. The molecule has 8 heteroatoms. The van der Waals surface area contributed by atoms with Gasteiger partial charge in [-0.3, -0.25) is 9.59 Å². The van der Waals surface area contributed by atoms with E-state index in [-0.39, 0.29) is 22.5 Å². The summed E-state index contributed by atoms with van der Waals surface area (Å²) in [5.74, 6) is -3.71. The van der Waals surface area contributed by atoms with Gasteiger partial charge in [0.1, 0.15) is 0 Å². The Balaban J connectivity index is 3.50. The van der Waals surface area contributed by atoms with Crippen molar-refractivity contribution in [3.63, 3.8) is 0 Å². The van der Waals surface area contributed by atoms with Crippen molar-refractivity contribution in [1.29, 1.82) is 0 Å². The van der Waals surface area contributed by atoms with E-state index in [1.165, 1.54) is 38.1 Å². The zero-order valence-corrected chi connectivity index (χ0v) is 12.9. The molecule has 0 aliphatic rings. The van der Waals surface area contributed by atoms with Gasteiger partial charge in [0, 0.05) is 13.8 Å². The van der Waals surface area contributed by atoms with Crippen molar-refractivity contribution in [1.82, 2.24) is 0 Å². The summed E-state index contributed by atoms with van der Waals surface area (Å²) in [5.41, 5.74) is 1.02. The molecular weight excluding hydrogens is 316 g/mol. The molecular formula is C16H14N2O6-2. The monoisotopic (exact) mass is 330 g/mol. The molecule has 1 aromatic rings. The Hall–Kier alpha value is -3.42. The van der Waals surface area contributed by atoms with Crippen LogP contribution < -0.4 is 20.8 Å². The number of anilines is 2. The van der Waals surface area contributed by atoms with E-state index in [0.717, 1.165) is 12.2 Å². The summed E-state index contributed by atoms with van der Waals surface area (Å²) in [5, 5.41) is 26.1. The van der Waals surface area contributed by atoms with Gasteiger partial charge in [0.15, 0.2) is 0 Å². The standard InChI is InChI=1S/C16H16N2O6/c1-9(19)17-13-8-14(18-10(2)20)12(4-6-16(23)24)7-11(13)3-5-15(21)22/h3-8H,1-2H3,(H,17,19)(H,18,20)(H,21,22)(H,23,24)/p-2/b5-3+,6-4+. The third-order valence-corrected chi connectivity index (χ3v) is 2.64. The van der Waals surface area contributed by atoms with E-state index < -0.39 is 23.8 Å². The van der Waals surface area contributed by atoms with Gasteiger partial charge in [0.2, 0.25) is 11.8 Å². The Kier molecular flexibility index (Phi) is 6.42. The van der Waals surface area contributed by atoms with Crippen molar-refractivity contribution >= 4 is 47.3 Å². The molecule has 0 unspecified atom stereocenters. The Morgan fingerprint density at radius 3 is 1.46 bits per heavy atom. The highest BCUT2D eigenvalue weighted by molar-refractivity contribution is 5.98. The molecule has 0 atom stereocenters. The molecule has 1 rings (SSSR count). The Morgan fingerprint density at radius 2 is 1.17 bits per heavy atom. The quantitative estimate of drug-likeness (QED) is 0.650. The largest absolute Gasteiger partial charge is 0.545 e. The maximum Gasteiger partial charge on any atom is 0.221 e. The summed E-state index contributed by atoms with van der Waals surface area (Å²) in [7, 11) is 0. The predicted octanol–water partition coefficient (Wildman–Crippen LogP) is -0.870. The number of nitrogens with one attached hydrogen (secondary N) is 2. The first-order valence-electron chi connectivity index (χ1n) is 6.70. The van der Waals surface area contributed by atoms with Crippen LogP contribution in [0.5, 0.6) is 0 Å². The molecule has 0 aliphatic heterocycles. The molecule has 0 radical (unpaired) electrons. The minimum absolute atomic E-state index is 0.231. The molecule has 1 aromatic carbocycles. The highest BCUT2D eigenvalue weighted by Crippen LogP contribution is 2.28. The highest BCUT2D eigenvalue weighted by Gasteiger charge is 2.09. The number of hydrogen-bond donors (Lipinski definition) is 2. The predicted molar refractivity (Wildman–Crippen MR) is 83.1 cm³/mol.